The van der Waals surface area contributed by atoms with E-state index in [0.717, 1.165) is 14.5 Å². The molecule has 3 N–H and O–H groups in total. The van der Waals surface area contributed by atoms with Crippen LogP contribution in [0.25, 0.3) is 0 Å². The Bertz CT molecular complexity index is 258. The topological polar surface area (TPSA) is 46.2 Å². The van der Waals surface area contributed by atoms with Gasteiger partial charge in [0.05, 0.1) is 6.10 Å². The maximum absolute atomic E-state index is 9.51. The zero-order chi connectivity index (χ0) is 9.14. The van der Waals surface area contributed by atoms with Crippen molar-refractivity contribution >= 4 is 31.9 Å². The Hall–Kier alpha value is 0.1000. The molecule has 0 spiro atoms. The number of aliphatic hydroxyl groups excluding tert-OH is 1. The predicted molar refractivity (Wildman–Crippen MR) is 55.9 cm³/mol. The Labute approximate surface area is 88.0 Å². The van der Waals surface area contributed by atoms with Crippen molar-refractivity contribution in [3.63, 3.8) is 0 Å². The van der Waals surface area contributed by atoms with Crippen LogP contribution in [0.4, 0.5) is 0 Å². The molecule has 0 bridgehead atoms. The lowest BCUT2D eigenvalue weighted by atomic mass is 10.1. The van der Waals surface area contributed by atoms with Crippen molar-refractivity contribution < 1.29 is 5.11 Å². The van der Waals surface area contributed by atoms with Crippen LogP contribution in [0.15, 0.2) is 27.1 Å². The van der Waals surface area contributed by atoms with Gasteiger partial charge in [-0.1, -0.05) is 37.9 Å². The Balaban J connectivity index is 3.12. The molecule has 0 aliphatic rings. The highest BCUT2D eigenvalue weighted by molar-refractivity contribution is 9.11. The molecule has 2 nitrogen and oxygen atoms in total. The molecule has 4 heteroatoms. The summed E-state index contributed by atoms with van der Waals surface area (Å²) in [5, 5.41) is 9.51. The van der Waals surface area contributed by atoms with E-state index in [0.29, 0.717) is 0 Å². The molecular formula is C8H9Br2NO. The molecule has 0 aromatic heterocycles. The molecule has 0 aliphatic carbocycles. The van der Waals surface area contributed by atoms with Crippen molar-refractivity contribution in [3.05, 3.63) is 32.7 Å². The number of rotatable bonds is 2. The van der Waals surface area contributed by atoms with Gasteiger partial charge < -0.3 is 10.8 Å². The molecule has 0 fully saturated rings. The molecule has 12 heavy (non-hydrogen) atoms. The number of hydrogen-bond donors (Lipinski definition) is 2. The lowest BCUT2D eigenvalue weighted by molar-refractivity contribution is 0.185. The molecule has 1 atom stereocenters. The average molecular weight is 295 g/mol. The van der Waals surface area contributed by atoms with Gasteiger partial charge in [-0.05, 0) is 12.1 Å². The summed E-state index contributed by atoms with van der Waals surface area (Å²) in [6.45, 7) is 0.223. The summed E-state index contributed by atoms with van der Waals surface area (Å²) < 4.78 is 1.74. The third-order valence-electron chi connectivity index (χ3n) is 1.56. The molecule has 0 unspecified atom stereocenters. The second-order valence-electron chi connectivity index (χ2n) is 2.39. The van der Waals surface area contributed by atoms with Gasteiger partial charge in [-0.3, -0.25) is 0 Å². The van der Waals surface area contributed by atoms with Gasteiger partial charge in [0.25, 0.3) is 0 Å². The fourth-order valence-corrected chi connectivity index (χ4v) is 2.47. The van der Waals surface area contributed by atoms with Crippen LogP contribution in [0.1, 0.15) is 11.7 Å². The molecule has 0 amide bonds. The zero-order valence-electron chi connectivity index (χ0n) is 6.30. The normalized spacial score (nSPS) is 13.0. The maximum atomic E-state index is 9.51. The highest BCUT2D eigenvalue weighted by Crippen LogP contribution is 2.30. The van der Waals surface area contributed by atoms with Crippen molar-refractivity contribution in [1.82, 2.24) is 0 Å². The van der Waals surface area contributed by atoms with Crippen molar-refractivity contribution in [3.8, 4) is 0 Å². The molecule has 0 saturated heterocycles. The Morgan fingerprint density at radius 3 is 2.25 bits per heavy atom. The van der Waals surface area contributed by atoms with Crippen molar-refractivity contribution in [1.29, 1.82) is 0 Å². The minimum atomic E-state index is -0.616. The van der Waals surface area contributed by atoms with Gasteiger partial charge in [-0.2, -0.15) is 0 Å². The molecule has 1 aromatic rings. The van der Waals surface area contributed by atoms with Gasteiger partial charge >= 0.3 is 0 Å². The molecule has 1 rings (SSSR count). The number of aliphatic hydroxyl groups is 1. The van der Waals surface area contributed by atoms with E-state index in [1.807, 2.05) is 18.2 Å². The average Bonchev–Trinajstić information content (AvgIpc) is 2.03. The van der Waals surface area contributed by atoms with Crippen molar-refractivity contribution in [2.24, 2.45) is 5.73 Å². The van der Waals surface area contributed by atoms with Crippen LogP contribution in [0, 0.1) is 0 Å². The first kappa shape index (κ1) is 10.2. The summed E-state index contributed by atoms with van der Waals surface area (Å²) in [7, 11) is 0. The van der Waals surface area contributed by atoms with Gasteiger partial charge in [0.15, 0.2) is 0 Å². The van der Waals surface area contributed by atoms with Crippen LogP contribution in [-0.2, 0) is 0 Å². The second-order valence-corrected chi connectivity index (χ2v) is 4.10. The minimum Gasteiger partial charge on any atom is -0.387 e. The first-order valence-corrected chi connectivity index (χ1v) is 5.07. The van der Waals surface area contributed by atoms with Crippen LogP contribution in [0.3, 0.4) is 0 Å². The van der Waals surface area contributed by atoms with Crippen LogP contribution in [-0.4, -0.2) is 11.7 Å². The molecule has 66 valence electrons. The van der Waals surface area contributed by atoms with E-state index in [2.05, 4.69) is 31.9 Å². The van der Waals surface area contributed by atoms with E-state index in [-0.39, 0.29) is 6.54 Å². The number of nitrogens with two attached hydrogens (primary N) is 1. The monoisotopic (exact) mass is 293 g/mol. The number of benzene rings is 1. The van der Waals surface area contributed by atoms with E-state index in [1.165, 1.54) is 0 Å². The third-order valence-corrected chi connectivity index (χ3v) is 2.94. The first-order chi connectivity index (χ1) is 5.66. The highest BCUT2D eigenvalue weighted by Gasteiger charge is 2.12. The van der Waals surface area contributed by atoms with Crippen LogP contribution in [0.5, 0.6) is 0 Å². The standard InChI is InChI=1S/C8H9Br2NO/c9-5-2-1-3-6(10)8(5)7(12)4-11/h1-3,7,12H,4,11H2/t7-/m0/s1. The van der Waals surface area contributed by atoms with Crippen molar-refractivity contribution in [2.45, 2.75) is 6.10 Å². The quantitative estimate of drug-likeness (QED) is 0.878. The van der Waals surface area contributed by atoms with Crippen molar-refractivity contribution in [2.75, 3.05) is 6.54 Å². The lowest BCUT2D eigenvalue weighted by Gasteiger charge is -2.11. The summed E-state index contributed by atoms with van der Waals surface area (Å²) in [5.41, 5.74) is 6.16. The minimum absolute atomic E-state index is 0.223. The Morgan fingerprint density at radius 1 is 1.33 bits per heavy atom. The number of halogens is 2. The van der Waals surface area contributed by atoms with Gasteiger partial charge in [-0.25, -0.2) is 0 Å². The summed E-state index contributed by atoms with van der Waals surface area (Å²) in [5.74, 6) is 0. The predicted octanol–water partition coefficient (Wildman–Crippen LogP) is 2.20. The summed E-state index contributed by atoms with van der Waals surface area (Å²) in [6, 6.07) is 5.64. The third kappa shape index (κ3) is 2.07. The van der Waals surface area contributed by atoms with Gasteiger partial charge in [0, 0.05) is 21.1 Å². The smallest absolute Gasteiger partial charge is 0.0934 e. The van der Waals surface area contributed by atoms with E-state index in [1.54, 1.807) is 0 Å². The molecule has 1 aromatic carbocycles. The maximum Gasteiger partial charge on any atom is 0.0934 e. The highest BCUT2D eigenvalue weighted by atomic mass is 79.9. The molecular weight excluding hydrogens is 286 g/mol. The summed E-state index contributed by atoms with van der Waals surface area (Å²) in [6.07, 6.45) is -0.616. The summed E-state index contributed by atoms with van der Waals surface area (Å²) in [4.78, 5) is 0. The van der Waals surface area contributed by atoms with E-state index < -0.39 is 6.10 Å². The second kappa shape index (κ2) is 4.37. The van der Waals surface area contributed by atoms with E-state index in [4.69, 9.17) is 5.73 Å². The zero-order valence-corrected chi connectivity index (χ0v) is 9.47. The fraction of sp³-hybridized carbons (Fsp3) is 0.250. The largest absolute Gasteiger partial charge is 0.387 e. The van der Waals surface area contributed by atoms with E-state index >= 15 is 0 Å². The van der Waals surface area contributed by atoms with Gasteiger partial charge in [0.1, 0.15) is 0 Å². The van der Waals surface area contributed by atoms with Gasteiger partial charge in [-0.15, -0.1) is 0 Å². The molecule has 0 aliphatic heterocycles. The number of hydrogen-bond acceptors (Lipinski definition) is 2. The lowest BCUT2D eigenvalue weighted by Crippen LogP contribution is -2.12. The Morgan fingerprint density at radius 2 is 1.83 bits per heavy atom. The molecule has 0 saturated carbocycles. The van der Waals surface area contributed by atoms with Crippen LogP contribution < -0.4 is 5.73 Å². The van der Waals surface area contributed by atoms with Crippen LogP contribution in [0.2, 0.25) is 0 Å². The fourth-order valence-electron chi connectivity index (χ4n) is 0.947. The summed E-state index contributed by atoms with van der Waals surface area (Å²) >= 11 is 6.69. The SMILES string of the molecule is NC[C@H](O)c1c(Br)cccc1Br. The van der Waals surface area contributed by atoms with Crippen LogP contribution >= 0.6 is 31.9 Å². The molecule has 0 radical (unpaired) electrons. The first-order valence-electron chi connectivity index (χ1n) is 3.49. The molecule has 0 heterocycles. The Kier molecular flexibility index (Phi) is 3.71. The van der Waals surface area contributed by atoms with Gasteiger partial charge in [0.2, 0.25) is 0 Å². The van der Waals surface area contributed by atoms with E-state index in [9.17, 15) is 5.11 Å².